The number of carbonyl (C=O) groups excluding carboxylic acids is 1. The summed E-state index contributed by atoms with van der Waals surface area (Å²) in [6.07, 6.45) is 3.39. The maximum absolute atomic E-state index is 11.8. The molecule has 0 bridgehead atoms. The number of ether oxygens (including phenoxy) is 1. The second kappa shape index (κ2) is 8.11. The largest absolute Gasteiger partial charge is 0.456 e. The maximum Gasteiger partial charge on any atom is 0.303 e. The molecule has 0 aromatic heterocycles. The standard InChI is InChI=1S/C21H25NO2/c1-17(23)24-21(19-13-7-3-8-14-19)20(18-11-5-2-6-12-18)22-15-9-4-10-16-22/h2-3,5-8,11-14,20-21H,4,9-10,15-16H2,1H3. The first-order chi connectivity index (χ1) is 11.8. The predicted molar refractivity (Wildman–Crippen MR) is 95.6 cm³/mol. The molecule has 2 unspecified atom stereocenters. The monoisotopic (exact) mass is 323 g/mol. The minimum absolute atomic E-state index is 0.0535. The number of likely N-dealkylation sites (tertiary alicyclic amines) is 1. The van der Waals surface area contributed by atoms with Crippen LogP contribution >= 0.6 is 0 Å². The first-order valence-corrected chi connectivity index (χ1v) is 8.77. The highest BCUT2D eigenvalue weighted by molar-refractivity contribution is 5.66. The summed E-state index contributed by atoms with van der Waals surface area (Å²) < 4.78 is 5.83. The van der Waals surface area contributed by atoms with E-state index in [0.29, 0.717) is 0 Å². The molecule has 3 nitrogen and oxygen atoms in total. The van der Waals surface area contributed by atoms with E-state index in [2.05, 4.69) is 29.2 Å². The van der Waals surface area contributed by atoms with Crippen molar-refractivity contribution in [2.75, 3.05) is 13.1 Å². The third kappa shape index (κ3) is 4.04. The summed E-state index contributed by atoms with van der Waals surface area (Å²) in [6, 6.07) is 20.6. The van der Waals surface area contributed by atoms with E-state index in [9.17, 15) is 4.79 Å². The molecule has 0 spiro atoms. The van der Waals surface area contributed by atoms with Crippen LogP contribution in [0, 0.1) is 0 Å². The zero-order valence-corrected chi connectivity index (χ0v) is 14.2. The predicted octanol–water partition coefficient (Wildman–Crippen LogP) is 4.52. The summed E-state index contributed by atoms with van der Waals surface area (Å²) in [5, 5.41) is 0. The molecule has 2 aromatic rings. The second-order valence-corrected chi connectivity index (χ2v) is 6.39. The Hall–Kier alpha value is -2.13. The van der Waals surface area contributed by atoms with Crippen LogP contribution in [0.3, 0.4) is 0 Å². The third-order valence-electron chi connectivity index (χ3n) is 4.63. The lowest BCUT2D eigenvalue weighted by molar-refractivity contribution is -0.151. The van der Waals surface area contributed by atoms with Crippen molar-refractivity contribution in [3.05, 3.63) is 71.8 Å². The summed E-state index contributed by atoms with van der Waals surface area (Å²) in [5.41, 5.74) is 2.25. The Bertz CT molecular complexity index is 635. The molecule has 1 heterocycles. The molecule has 126 valence electrons. The molecule has 3 rings (SSSR count). The van der Waals surface area contributed by atoms with Crippen LogP contribution in [0.25, 0.3) is 0 Å². The van der Waals surface area contributed by atoms with Crippen LogP contribution in [-0.4, -0.2) is 24.0 Å². The lowest BCUT2D eigenvalue weighted by Crippen LogP contribution is -2.38. The number of carbonyl (C=O) groups is 1. The van der Waals surface area contributed by atoms with Gasteiger partial charge in [0.25, 0.3) is 0 Å². The highest BCUT2D eigenvalue weighted by atomic mass is 16.5. The fourth-order valence-electron chi connectivity index (χ4n) is 3.56. The van der Waals surface area contributed by atoms with E-state index in [1.807, 2.05) is 36.4 Å². The number of hydrogen-bond donors (Lipinski definition) is 0. The topological polar surface area (TPSA) is 29.5 Å². The Labute approximate surface area is 144 Å². The molecule has 0 amide bonds. The molecule has 0 saturated carbocycles. The van der Waals surface area contributed by atoms with Crippen molar-refractivity contribution in [1.82, 2.24) is 4.90 Å². The van der Waals surface area contributed by atoms with Crippen molar-refractivity contribution >= 4 is 5.97 Å². The summed E-state index contributed by atoms with van der Waals surface area (Å²) in [7, 11) is 0. The van der Waals surface area contributed by atoms with Gasteiger partial charge in [0.1, 0.15) is 6.10 Å². The second-order valence-electron chi connectivity index (χ2n) is 6.39. The van der Waals surface area contributed by atoms with Gasteiger partial charge < -0.3 is 4.74 Å². The normalized spacial score (nSPS) is 17.9. The van der Waals surface area contributed by atoms with Crippen LogP contribution in [0.4, 0.5) is 0 Å². The van der Waals surface area contributed by atoms with Crippen molar-refractivity contribution in [1.29, 1.82) is 0 Å². The van der Waals surface area contributed by atoms with Crippen molar-refractivity contribution in [2.45, 2.75) is 38.3 Å². The lowest BCUT2D eigenvalue weighted by Gasteiger charge is -2.39. The van der Waals surface area contributed by atoms with E-state index in [0.717, 1.165) is 18.7 Å². The zero-order chi connectivity index (χ0) is 16.8. The Kier molecular flexibility index (Phi) is 5.65. The highest BCUT2D eigenvalue weighted by Gasteiger charge is 2.33. The van der Waals surface area contributed by atoms with E-state index >= 15 is 0 Å². The first kappa shape index (κ1) is 16.7. The molecule has 0 N–H and O–H groups in total. The average molecular weight is 323 g/mol. The quantitative estimate of drug-likeness (QED) is 0.758. The van der Waals surface area contributed by atoms with Crippen LogP contribution in [0.5, 0.6) is 0 Å². The molecule has 1 aliphatic rings. The van der Waals surface area contributed by atoms with E-state index in [4.69, 9.17) is 4.74 Å². The van der Waals surface area contributed by atoms with Crippen molar-refractivity contribution in [2.24, 2.45) is 0 Å². The van der Waals surface area contributed by atoms with Crippen molar-refractivity contribution in [3.8, 4) is 0 Å². The van der Waals surface area contributed by atoms with Gasteiger partial charge in [0, 0.05) is 6.92 Å². The summed E-state index contributed by atoms with van der Waals surface area (Å²) in [4.78, 5) is 14.3. The number of piperidine rings is 1. The third-order valence-corrected chi connectivity index (χ3v) is 4.63. The van der Waals surface area contributed by atoms with Crippen LogP contribution in [0.1, 0.15) is 49.5 Å². The minimum Gasteiger partial charge on any atom is -0.456 e. The minimum atomic E-state index is -0.288. The molecule has 24 heavy (non-hydrogen) atoms. The Morgan fingerprint density at radius 2 is 1.42 bits per heavy atom. The SMILES string of the molecule is CC(=O)OC(c1ccccc1)C(c1ccccc1)N1CCCCC1. The number of benzene rings is 2. The average Bonchev–Trinajstić information content (AvgIpc) is 2.63. The molecule has 1 fully saturated rings. The number of nitrogens with zero attached hydrogens (tertiary/aromatic N) is 1. The maximum atomic E-state index is 11.8. The fraction of sp³-hybridized carbons (Fsp3) is 0.381. The van der Waals surface area contributed by atoms with Gasteiger partial charge in [-0.1, -0.05) is 67.1 Å². The Morgan fingerprint density at radius 1 is 0.875 bits per heavy atom. The van der Waals surface area contributed by atoms with Crippen molar-refractivity contribution < 1.29 is 9.53 Å². The van der Waals surface area contributed by atoms with E-state index < -0.39 is 0 Å². The van der Waals surface area contributed by atoms with Gasteiger partial charge in [0.2, 0.25) is 0 Å². The lowest BCUT2D eigenvalue weighted by atomic mass is 9.92. The fourth-order valence-corrected chi connectivity index (χ4v) is 3.56. The summed E-state index contributed by atoms with van der Waals surface area (Å²) in [5.74, 6) is -0.234. The number of esters is 1. The molecule has 0 aliphatic carbocycles. The number of rotatable bonds is 5. The molecule has 0 radical (unpaired) electrons. The molecule has 2 aromatic carbocycles. The van der Waals surface area contributed by atoms with Gasteiger partial charge in [0.05, 0.1) is 6.04 Å². The van der Waals surface area contributed by atoms with Gasteiger partial charge in [-0.15, -0.1) is 0 Å². The molecule has 3 heteroatoms. The van der Waals surface area contributed by atoms with Crippen LogP contribution < -0.4 is 0 Å². The Morgan fingerprint density at radius 3 is 1.96 bits per heavy atom. The van der Waals surface area contributed by atoms with Gasteiger partial charge in [0.15, 0.2) is 0 Å². The molecular formula is C21H25NO2. The van der Waals surface area contributed by atoms with Gasteiger partial charge in [-0.25, -0.2) is 0 Å². The van der Waals surface area contributed by atoms with Gasteiger partial charge in [-0.2, -0.15) is 0 Å². The summed E-state index contributed by atoms with van der Waals surface area (Å²) in [6.45, 7) is 3.59. The zero-order valence-electron chi connectivity index (χ0n) is 14.2. The molecule has 1 aliphatic heterocycles. The summed E-state index contributed by atoms with van der Waals surface area (Å²) >= 11 is 0. The number of hydrogen-bond acceptors (Lipinski definition) is 3. The van der Waals surface area contributed by atoms with E-state index in [1.54, 1.807) is 0 Å². The van der Waals surface area contributed by atoms with E-state index in [1.165, 1.54) is 31.7 Å². The molecule has 1 saturated heterocycles. The highest BCUT2D eigenvalue weighted by Crippen LogP contribution is 2.38. The smallest absolute Gasteiger partial charge is 0.303 e. The van der Waals surface area contributed by atoms with Crippen LogP contribution in [0.2, 0.25) is 0 Å². The van der Waals surface area contributed by atoms with E-state index in [-0.39, 0.29) is 18.1 Å². The van der Waals surface area contributed by atoms with Gasteiger partial charge in [-0.3, -0.25) is 9.69 Å². The van der Waals surface area contributed by atoms with Crippen LogP contribution in [0.15, 0.2) is 60.7 Å². The van der Waals surface area contributed by atoms with Gasteiger partial charge in [-0.05, 0) is 37.1 Å². The first-order valence-electron chi connectivity index (χ1n) is 8.77. The van der Waals surface area contributed by atoms with Gasteiger partial charge >= 0.3 is 5.97 Å². The molecule has 2 atom stereocenters. The molecular weight excluding hydrogens is 298 g/mol. The van der Waals surface area contributed by atoms with Crippen molar-refractivity contribution in [3.63, 3.8) is 0 Å². The van der Waals surface area contributed by atoms with Crippen LogP contribution in [-0.2, 0) is 9.53 Å². The Balaban J connectivity index is 2.00.